The lowest BCUT2D eigenvalue weighted by Gasteiger charge is -2.29. The Morgan fingerprint density at radius 2 is 1.97 bits per heavy atom. The number of carbonyl (C=O) groups is 2. The number of Topliss-reactive ketones (excluding diaryl/α,β-unsaturated/α-hetero) is 1. The topological polar surface area (TPSA) is 105 Å². The van der Waals surface area contributed by atoms with Crippen molar-refractivity contribution in [3.05, 3.63) is 68.1 Å². The van der Waals surface area contributed by atoms with Gasteiger partial charge in [0.2, 0.25) is 0 Å². The zero-order valence-electron chi connectivity index (χ0n) is 17.3. The minimum absolute atomic E-state index is 0.0703. The summed E-state index contributed by atoms with van der Waals surface area (Å²) in [6.45, 7) is 4.44. The molecule has 0 aliphatic carbocycles. The van der Waals surface area contributed by atoms with E-state index in [1.807, 2.05) is 13.8 Å². The van der Waals surface area contributed by atoms with Crippen LogP contribution in [0.2, 0.25) is 0 Å². The molecule has 2 aromatic heterocycles. The third-order valence-electron chi connectivity index (χ3n) is 6.08. The van der Waals surface area contributed by atoms with Crippen molar-refractivity contribution < 1.29 is 9.59 Å². The Labute approximate surface area is 177 Å². The molecule has 2 aliphatic heterocycles. The first-order valence-corrected chi connectivity index (χ1v) is 10.5. The first-order valence-electron chi connectivity index (χ1n) is 10.5. The van der Waals surface area contributed by atoms with Crippen molar-refractivity contribution in [1.82, 2.24) is 19.4 Å². The number of hydrogen-bond acceptors (Lipinski definition) is 5. The smallest absolute Gasteiger partial charge is 0.331 e. The fraction of sp³-hybridized carbons (Fsp3) is 0.348. The molecule has 1 saturated heterocycles. The molecule has 158 valence electrons. The van der Waals surface area contributed by atoms with Crippen LogP contribution in [0.1, 0.15) is 54.3 Å². The lowest BCUT2D eigenvalue weighted by Crippen LogP contribution is -2.37. The summed E-state index contributed by atoms with van der Waals surface area (Å²) < 4.78 is 1.08. The summed E-state index contributed by atoms with van der Waals surface area (Å²) in [6, 6.07) is 6.16. The van der Waals surface area contributed by atoms with Crippen molar-refractivity contribution in [3.63, 3.8) is 0 Å². The number of aromatic nitrogens is 3. The van der Waals surface area contributed by atoms with E-state index in [1.54, 1.807) is 35.4 Å². The molecule has 5 rings (SSSR count). The molecule has 1 aromatic carbocycles. The van der Waals surface area contributed by atoms with Crippen LogP contribution in [0.15, 0.2) is 40.1 Å². The van der Waals surface area contributed by atoms with Gasteiger partial charge < -0.3 is 9.88 Å². The molecular weight excluding hydrogens is 396 g/mol. The van der Waals surface area contributed by atoms with Crippen molar-refractivity contribution in [2.24, 2.45) is 5.92 Å². The average molecular weight is 418 g/mol. The number of H-pyrrole nitrogens is 1. The van der Waals surface area contributed by atoms with Crippen molar-refractivity contribution in [1.29, 1.82) is 0 Å². The molecule has 0 spiro atoms. The van der Waals surface area contributed by atoms with E-state index in [1.165, 1.54) is 0 Å². The number of aromatic amines is 1. The zero-order valence-corrected chi connectivity index (χ0v) is 17.3. The van der Waals surface area contributed by atoms with E-state index in [0.29, 0.717) is 58.7 Å². The number of nitrogens with zero attached hydrogens (tertiary/aromatic N) is 3. The Morgan fingerprint density at radius 1 is 1.16 bits per heavy atom. The molecule has 8 heteroatoms. The minimum atomic E-state index is -0.586. The number of benzene rings is 1. The van der Waals surface area contributed by atoms with E-state index in [4.69, 9.17) is 0 Å². The summed E-state index contributed by atoms with van der Waals surface area (Å²) in [7, 11) is 0. The molecule has 1 fully saturated rings. The molecule has 1 amide bonds. The van der Waals surface area contributed by atoms with Crippen molar-refractivity contribution in [2.75, 3.05) is 6.54 Å². The first kappa shape index (κ1) is 19.4. The molecule has 1 unspecified atom stereocenters. The van der Waals surface area contributed by atoms with E-state index in [0.717, 1.165) is 4.57 Å². The van der Waals surface area contributed by atoms with Gasteiger partial charge in [-0.15, -0.1) is 0 Å². The van der Waals surface area contributed by atoms with Gasteiger partial charge in [-0.1, -0.05) is 19.9 Å². The van der Waals surface area contributed by atoms with Crippen LogP contribution < -0.4 is 11.2 Å². The summed E-state index contributed by atoms with van der Waals surface area (Å²) >= 11 is 0. The summed E-state index contributed by atoms with van der Waals surface area (Å²) in [5.41, 5.74) is 1.43. The Balaban J connectivity index is 1.76. The highest BCUT2D eigenvalue weighted by atomic mass is 16.2. The average Bonchev–Trinajstić information content (AvgIpc) is 3.01. The predicted octanol–water partition coefficient (Wildman–Crippen LogP) is 2.13. The molecule has 0 radical (unpaired) electrons. The molecule has 1 atom stereocenters. The van der Waals surface area contributed by atoms with Crippen LogP contribution in [0.25, 0.3) is 16.6 Å². The van der Waals surface area contributed by atoms with Crippen molar-refractivity contribution in [3.8, 4) is 5.69 Å². The van der Waals surface area contributed by atoms with Crippen LogP contribution in [-0.4, -0.2) is 37.7 Å². The predicted molar refractivity (Wildman–Crippen MR) is 115 cm³/mol. The largest absolute Gasteiger partial charge is 0.333 e. The van der Waals surface area contributed by atoms with Crippen LogP contribution in [0, 0.1) is 5.92 Å². The maximum atomic E-state index is 13.4. The molecule has 0 bridgehead atoms. The third kappa shape index (κ3) is 2.93. The molecule has 0 saturated carbocycles. The highest BCUT2D eigenvalue weighted by molar-refractivity contribution is 6.02. The van der Waals surface area contributed by atoms with Crippen molar-refractivity contribution in [2.45, 2.75) is 39.2 Å². The lowest BCUT2D eigenvalue weighted by molar-refractivity contribution is -0.122. The maximum absolute atomic E-state index is 13.4. The number of carbonyl (C=O) groups excluding carboxylic acids is 2. The van der Waals surface area contributed by atoms with Gasteiger partial charge in [0, 0.05) is 36.7 Å². The van der Waals surface area contributed by atoms with Crippen LogP contribution in [0.5, 0.6) is 0 Å². The lowest BCUT2D eigenvalue weighted by atomic mass is 9.95. The Kier molecular flexibility index (Phi) is 4.39. The number of hydrogen-bond donors (Lipinski definition) is 1. The third-order valence-corrected chi connectivity index (χ3v) is 6.08. The first-order chi connectivity index (χ1) is 14.9. The Bertz CT molecular complexity index is 1370. The highest BCUT2D eigenvalue weighted by Gasteiger charge is 2.42. The quantitative estimate of drug-likeness (QED) is 0.702. The van der Waals surface area contributed by atoms with Gasteiger partial charge in [-0.3, -0.25) is 19.4 Å². The standard InChI is InChI=1S/C23H22N4O4/c1-12(2)10-16-20-15(6-8-24-16)22(30)27(23(31)25-20)17-5-3-4-14-19(17)18-11-13(28)7-9-26(18)21(14)29/h3-6,8,12,18H,7,9-11H2,1-2H3,(H,25,31). The number of fused-ring (bicyclic) bond motifs is 4. The second-order valence-corrected chi connectivity index (χ2v) is 8.59. The van der Waals surface area contributed by atoms with Gasteiger partial charge in [0.15, 0.2) is 0 Å². The SMILES string of the molecule is CC(C)Cc1nccc2c(=O)n(-c3cccc4c3C3CC(=O)CCN3C4=O)c(=O)[nH]c12. The second-order valence-electron chi connectivity index (χ2n) is 8.59. The van der Waals surface area contributed by atoms with E-state index < -0.39 is 17.3 Å². The van der Waals surface area contributed by atoms with Crippen LogP contribution in [0.3, 0.4) is 0 Å². The Morgan fingerprint density at radius 3 is 2.74 bits per heavy atom. The molecule has 1 N–H and O–H groups in total. The van der Waals surface area contributed by atoms with Gasteiger partial charge in [0.25, 0.3) is 11.5 Å². The molecule has 4 heterocycles. The van der Waals surface area contributed by atoms with Crippen molar-refractivity contribution >= 4 is 22.6 Å². The summed E-state index contributed by atoms with van der Waals surface area (Å²) in [6.07, 6.45) is 2.72. The van der Waals surface area contributed by atoms with Gasteiger partial charge in [0.05, 0.1) is 28.3 Å². The molecular formula is C23H22N4O4. The molecule has 2 aliphatic rings. The van der Waals surface area contributed by atoms with E-state index in [-0.39, 0.29) is 18.1 Å². The number of nitrogens with one attached hydrogen (secondary N) is 1. The van der Waals surface area contributed by atoms with E-state index in [9.17, 15) is 19.2 Å². The minimum Gasteiger partial charge on any atom is -0.331 e. The summed E-state index contributed by atoms with van der Waals surface area (Å²) in [5, 5.41) is 0.365. The number of piperidine rings is 1. The van der Waals surface area contributed by atoms with Crippen LogP contribution in [0.4, 0.5) is 0 Å². The van der Waals surface area contributed by atoms with Crippen LogP contribution in [-0.2, 0) is 11.2 Å². The van der Waals surface area contributed by atoms with E-state index >= 15 is 0 Å². The summed E-state index contributed by atoms with van der Waals surface area (Å²) in [4.78, 5) is 60.4. The summed E-state index contributed by atoms with van der Waals surface area (Å²) in [5.74, 6) is 0.214. The fourth-order valence-electron chi connectivity index (χ4n) is 4.73. The molecule has 8 nitrogen and oxygen atoms in total. The van der Waals surface area contributed by atoms with Crippen LogP contribution >= 0.6 is 0 Å². The maximum Gasteiger partial charge on any atom is 0.333 e. The van der Waals surface area contributed by atoms with Gasteiger partial charge >= 0.3 is 5.69 Å². The normalized spacial score (nSPS) is 18.0. The fourth-order valence-corrected chi connectivity index (χ4v) is 4.73. The van der Waals surface area contributed by atoms with Gasteiger partial charge in [0.1, 0.15) is 5.78 Å². The van der Waals surface area contributed by atoms with Gasteiger partial charge in [-0.05, 0) is 30.5 Å². The van der Waals surface area contributed by atoms with Gasteiger partial charge in [-0.2, -0.15) is 0 Å². The zero-order chi connectivity index (χ0) is 21.9. The van der Waals surface area contributed by atoms with Gasteiger partial charge in [-0.25, -0.2) is 9.36 Å². The monoisotopic (exact) mass is 418 g/mol. The highest BCUT2D eigenvalue weighted by Crippen LogP contribution is 2.41. The second kappa shape index (κ2) is 7.01. The molecule has 31 heavy (non-hydrogen) atoms. The number of pyridine rings is 1. The number of amides is 1. The van der Waals surface area contributed by atoms with E-state index in [2.05, 4.69) is 9.97 Å². The Hall–Kier alpha value is -3.55. The number of ketones is 1. The molecule has 3 aromatic rings. The number of rotatable bonds is 3.